The summed E-state index contributed by atoms with van der Waals surface area (Å²) in [5.74, 6) is -0.359. The largest absolute Gasteiger partial charge is 0.465 e. The van der Waals surface area contributed by atoms with Gasteiger partial charge in [-0.2, -0.15) is 0 Å². The Balaban J connectivity index is 2.76. The first-order chi connectivity index (χ1) is 8.72. The first-order valence-corrected chi connectivity index (χ1v) is 6.13. The first kappa shape index (κ1) is 14.6. The van der Waals surface area contributed by atoms with Crippen LogP contribution in [0.1, 0.15) is 32.0 Å². The summed E-state index contributed by atoms with van der Waals surface area (Å²) in [5.41, 5.74) is 0.510. The van der Waals surface area contributed by atoms with Gasteiger partial charge in [0.1, 0.15) is 5.69 Å². The molecule has 7 nitrogen and oxygen atoms in total. The highest BCUT2D eigenvalue weighted by Gasteiger charge is 2.24. The zero-order valence-corrected chi connectivity index (χ0v) is 10.8. The molecule has 1 aromatic heterocycles. The predicted molar refractivity (Wildman–Crippen MR) is 64.8 cm³/mol. The summed E-state index contributed by atoms with van der Waals surface area (Å²) in [6.07, 6.45) is 2.54. The molecule has 0 spiro atoms. The molecule has 0 amide bonds. The van der Waals surface area contributed by atoms with Crippen LogP contribution in [0.2, 0.25) is 0 Å². The van der Waals surface area contributed by atoms with Gasteiger partial charge >= 0.3 is 5.97 Å². The highest BCUT2D eigenvalue weighted by atomic mass is 16.5. The van der Waals surface area contributed by atoms with Gasteiger partial charge in [-0.25, -0.2) is 9.48 Å². The molecule has 7 heteroatoms. The molecule has 1 heterocycles. The maximum absolute atomic E-state index is 11.8. The van der Waals surface area contributed by atoms with Gasteiger partial charge in [0.05, 0.1) is 26.0 Å². The van der Waals surface area contributed by atoms with Gasteiger partial charge in [0, 0.05) is 0 Å². The lowest BCUT2D eigenvalue weighted by atomic mass is 10.2. The van der Waals surface area contributed by atoms with Crippen LogP contribution in [0.3, 0.4) is 0 Å². The average molecular weight is 256 g/mol. The van der Waals surface area contributed by atoms with Crippen LogP contribution in [-0.2, 0) is 16.1 Å². The van der Waals surface area contributed by atoms with Gasteiger partial charge in [0.25, 0.3) is 0 Å². The molecular weight excluding hydrogens is 236 g/mol. The molecule has 2 N–H and O–H groups in total. The highest BCUT2D eigenvalue weighted by Crippen LogP contribution is 2.11. The molecule has 0 saturated heterocycles. The molecule has 0 aromatic carbocycles. The second kappa shape index (κ2) is 7.78. The fourth-order valence-electron chi connectivity index (χ4n) is 1.48. The van der Waals surface area contributed by atoms with Crippen LogP contribution in [0.25, 0.3) is 0 Å². The smallest absolute Gasteiger partial charge is 0.329 e. The third-order valence-corrected chi connectivity index (χ3v) is 2.30. The second-order valence-electron chi connectivity index (χ2n) is 3.77. The van der Waals surface area contributed by atoms with E-state index >= 15 is 0 Å². The normalized spacial score (nSPS) is 12.4. The fraction of sp³-hybridized carbons (Fsp3) is 0.727. The van der Waals surface area contributed by atoms with Gasteiger partial charge in [0.2, 0.25) is 0 Å². The van der Waals surface area contributed by atoms with E-state index in [0.717, 1.165) is 6.42 Å². The van der Waals surface area contributed by atoms with Crippen molar-refractivity contribution in [3.8, 4) is 0 Å². The Morgan fingerprint density at radius 1 is 1.61 bits per heavy atom. The molecule has 0 saturated carbocycles. The number of carbonyl (C=O) groups is 1. The second-order valence-corrected chi connectivity index (χ2v) is 3.77. The Hall–Kier alpha value is -1.47. The van der Waals surface area contributed by atoms with E-state index in [-0.39, 0.29) is 12.6 Å². The van der Waals surface area contributed by atoms with Gasteiger partial charge in [-0.15, -0.1) is 5.10 Å². The summed E-state index contributed by atoms with van der Waals surface area (Å²) < 4.78 is 6.49. The number of esters is 1. The number of hydrogen-bond donors (Lipinski definition) is 2. The average Bonchev–Trinajstić information content (AvgIpc) is 2.79. The fourth-order valence-corrected chi connectivity index (χ4v) is 1.48. The quantitative estimate of drug-likeness (QED) is 0.630. The topological polar surface area (TPSA) is 89.3 Å². The predicted octanol–water partition coefficient (Wildman–Crippen LogP) is -0.126. The minimum absolute atomic E-state index is 0.0186. The molecule has 0 aliphatic heterocycles. The SMILES string of the molecule is CCCNC(C(=O)OCC)c1cn(CCO)nn1. The number of aromatic nitrogens is 3. The maximum atomic E-state index is 11.8. The van der Waals surface area contributed by atoms with E-state index in [1.807, 2.05) is 6.92 Å². The molecule has 1 aromatic rings. The highest BCUT2D eigenvalue weighted by molar-refractivity contribution is 5.76. The minimum Gasteiger partial charge on any atom is -0.465 e. The number of aliphatic hydroxyl groups excluding tert-OH is 1. The molecule has 18 heavy (non-hydrogen) atoms. The molecule has 1 rings (SSSR count). The third kappa shape index (κ3) is 4.08. The summed E-state index contributed by atoms with van der Waals surface area (Å²) in [6.45, 7) is 5.13. The lowest BCUT2D eigenvalue weighted by Gasteiger charge is -2.14. The summed E-state index contributed by atoms with van der Waals surface area (Å²) in [7, 11) is 0. The van der Waals surface area contributed by atoms with Gasteiger partial charge < -0.3 is 9.84 Å². The van der Waals surface area contributed by atoms with Crippen LogP contribution < -0.4 is 5.32 Å². The zero-order valence-electron chi connectivity index (χ0n) is 10.8. The van der Waals surface area contributed by atoms with Crippen molar-refractivity contribution in [3.63, 3.8) is 0 Å². The molecular formula is C11H20N4O3. The van der Waals surface area contributed by atoms with Gasteiger partial charge in [-0.1, -0.05) is 12.1 Å². The Morgan fingerprint density at radius 3 is 3.00 bits per heavy atom. The van der Waals surface area contributed by atoms with E-state index < -0.39 is 6.04 Å². The van der Waals surface area contributed by atoms with E-state index in [4.69, 9.17) is 9.84 Å². The van der Waals surface area contributed by atoms with E-state index in [0.29, 0.717) is 25.4 Å². The number of carbonyl (C=O) groups excluding carboxylic acids is 1. The zero-order chi connectivity index (χ0) is 13.4. The van der Waals surface area contributed by atoms with E-state index in [1.165, 1.54) is 4.68 Å². The van der Waals surface area contributed by atoms with Gasteiger partial charge in [-0.05, 0) is 19.9 Å². The number of ether oxygens (including phenoxy) is 1. The first-order valence-electron chi connectivity index (χ1n) is 6.13. The van der Waals surface area contributed by atoms with Crippen LogP contribution in [0.5, 0.6) is 0 Å². The molecule has 0 aliphatic rings. The summed E-state index contributed by atoms with van der Waals surface area (Å²) >= 11 is 0. The van der Waals surface area contributed by atoms with Crippen molar-refractivity contribution in [2.24, 2.45) is 0 Å². The van der Waals surface area contributed by atoms with E-state index in [1.54, 1.807) is 13.1 Å². The summed E-state index contributed by atoms with van der Waals surface area (Å²) in [5, 5.41) is 19.6. The van der Waals surface area contributed by atoms with Gasteiger partial charge in [-0.3, -0.25) is 5.32 Å². The number of rotatable bonds is 8. The van der Waals surface area contributed by atoms with E-state index in [9.17, 15) is 4.79 Å². The van der Waals surface area contributed by atoms with Crippen LogP contribution >= 0.6 is 0 Å². The monoisotopic (exact) mass is 256 g/mol. The summed E-state index contributed by atoms with van der Waals surface area (Å²) in [4.78, 5) is 11.8. The molecule has 0 bridgehead atoms. The Labute approximate surface area is 106 Å². The minimum atomic E-state index is -0.600. The van der Waals surface area contributed by atoms with Crippen molar-refractivity contribution in [2.45, 2.75) is 32.9 Å². The van der Waals surface area contributed by atoms with Crippen molar-refractivity contribution < 1.29 is 14.6 Å². The molecule has 1 atom stereocenters. The standard InChI is InChI=1S/C11H20N4O3/c1-3-5-12-10(11(17)18-4-2)9-8-15(6-7-16)14-13-9/h8,10,12,16H,3-7H2,1-2H3. The summed E-state index contributed by atoms with van der Waals surface area (Å²) in [6, 6.07) is -0.600. The van der Waals surface area contributed by atoms with Crippen LogP contribution in [0, 0.1) is 0 Å². The maximum Gasteiger partial charge on any atom is 0.329 e. The van der Waals surface area contributed by atoms with Crippen molar-refractivity contribution in [2.75, 3.05) is 19.8 Å². The van der Waals surface area contributed by atoms with Crippen LogP contribution in [0.4, 0.5) is 0 Å². The van der Waals surface area contributed by atoms with Crippen LogP contribution in [0.15, 0.2) is 6.20 Å². The molecule has 0 radical (unpaired) electrons. The Morgan fingerprint density at radius 2 is 2.39 bits per heavy atom. The number of aliphatic hydroxyl groups is 1. The number of nitrogens with one attached hydrogen (secondary N) is 1. The third-order valence-electron chi connectivity index (χ3n) is 2.30. The molecule has 1 unspecified atom stereocenters. The Kier molecular flexibility index (Phi) is 6.31. The lowest BCUT2D eigenvalue weighted by molar-refractivity contribution is -0.146. The van der Waals surface area contributed by atoms with Crippen molar-refractivity contribution in [1.82, 2.24) is 20.3 Å². The molecule has 0 fully saturated rings. The Bertz CT molecular complexity index is 367. The van der Waals surface area contributed by atoms with Crippen molar-refractivity contribution >= 4 is 5.97 Å². The number of hydrogen-bond acceptors (Lipinski definition) is 6. The van der Waals surface area contributed by atoms with Crippen molar-refractivity contribution in [3.05, 3.63) is 11.9 Å². The molecule has 102 valence electrons. The lowest BCUT2D eigenvalue weighted by Crippen LogP contribution is -2.31. The van der Waals surface area contributed by atoms with Crippen LogP contribution in [-0.4, -0.2) is 45.8 Å². The number of nitrogens with zero attached hydrogens (tertiary/aromatic N) is 3. The van der Waals surface area contributed by atoms with Crippen molar-refractivity contribution in [1.29, 1.82) is 0 Å². The van der Waals surface area contributed by atoms with E-state index in [2.05, 4.69) is 15.6 Å². The molecule has 0 aliphatic carbocycles. The van der Waals surface area contributed by atoms with Gasteiger partial charge in [0.15, 0.2) is 6.04 Å².